The van der Waals surface area contributed by atoms with Gasteiger partial charge in [-0.25, -0.2) is 9.97 Å². The van der Waals surface area contributed by atoms with Gasteiger partial charge in [0.15, 0.2) is 5.65 Å². The van der Waals surface area contributed by atoms with Crippen molar-refractivity contribution in [3.8, 4) is 0 Å². The zero-order chi connectivity index (χ0) is 12.9. The minimum atomic E-state index is -0.748. The summed E-state index contributed by atoms with van der Waals surface area (Å²) >= 11 is 0. The molecule has 0 amide bonds. The van der Waals surface area contributed by atoms with Crippen LogP contribution in [0.2, 0.25) is 0 Å². The third-order valence-electron chi connectivity index (χ3n) is 3.27. The lowest BCUT2D eigenvalue weighted by Gasteiger charge is -2.09. The molecule has 18 heavy (non-hydrogen) atoms. The highest BCUT2D eigenvalue weighted by molar-refractivity contribution is 5.77. The lowest BCUT2D eigenvalue weighted by Crippen LogP contribution is -2.10. The first-order valence-electron chi connectivity index (χ1n) is 5.83. The van der Waals surface area contributed by atoms with E-state index in [-0.39, 0.29) is 11.8 Å². The van der Waals surface area contributed by atoms with Gasteiger partial charge >= 0.3 is 5.97 Å². The van der Waals surface area contributed by atoms with Crippen molar-refractivity contribution in [2.24, 2.45) is 5.92 Å². The van der Waals surface area contributed by atoms with E-state index in [9.17, 15) is 4.79 Å². The minimum absolute atomic E-state index is 0.0134. The van der Waals surface area contributed by atoms with E-state index in [4.69, 9.17) is 5.11 Å². The van der Waals surface area contributed by atoms with E-state index in [2.05, 4.69) is 15.0 Å². The van der Waals surface area contributed by atoms with Crippen LogP contribution in [0, 0.1) is 5.92 Å². The fraction of sp³-hybridized carbons (Fsp3) is 0.417. The van der Waals surface area contributed by atoms with E-state index in [0.29, 0.717) is 12.1 Å². The molecule has 0 aromatic carbocycles. The molecule has 0 radical (unpaired) electrons. The summed E-state index contributed by atoms with van der Waals surface area (Å²) in [4.78, 5) is 24.7. The van der Waals surface area contributed by atoms with Crippen molar-refractivity contribution in [1.29, 1.82) is 0 Å². The Bertz CT molecular complexity index is 620. The van der Waals surface area contributed by atoms with Crippen LogP contribution in [0.1, 0.15) is 18.2 Å². The van der Waals surface area contributed by atoms with Gasteiger partial charge in [-0.05, 0) is 18.6 Å². The molecule has 2 aromatic rings. The van der Waals surface area contributed by atoms with Crippen molar-refractivity contribution in [2.75, 3.05) is 19.0 Å². The Balaban J connectivity index is 1.95. The van der Waals surface area contributed by atoms with Crippen LogP contribution in [0.4, 0.5) is 5.82 Å². The maximum atomic E-state index is 10.8. The average molecular weight is 246 g/mol. The number of aromatic amines is 1. The summed E-state index contributed by atoms with van der Waals surface area (Å²) < 4.78 is 0. The number of anilines is 1. The van der Waals surface area contributed by atoms with Gasteiger partial charge < -0.3 is 15.0 Å². The smallest absolute Gasteiger partial charge is 0.307 e. The van der Waals surface area contributed by atoms with Gasteiger partial charge in [-0.3, -0.25) is 4.79 Å². The number of hydrogen-bond donors (Lipinski definition) is 2. The average Bonchev–Trinajstić information content (AvgIpc) is 3.01. The first-order chi connectivity index (χ1) is 8.56. The van der Waals surface area contributed by atoms with Gasteiger partial charge in [-0.1, -0.05) is 0 Å². The number of nitrogens with zero attached hydrogens (tertiary/aromatic N) is 3. The SMILES string of the molecule is CN(C)c1ccc2[nH]c(C3CC3C(=O)O)nc2n1. The van der Waals surface area contributed by atoms with E-state index in [1.165, 1.54) is 0 Å². The number of imidazole rings is 1. The van der Waals surface area contributed by atoms with Crippen molar-refractivity contribution in [3.63, 3.8) is 0 Å². The summed E-state index contributed by atoms with van der Waals surface area (Å²) in [5, 5.41) is 8.91. The third-order valence-corrected chi connectivity index (χ3v) is 3.27. The van der Waals surface area contributed by atoms with E-state index in [1.807, 2.05) is 31.1 Å². The molecule has 0 spiro atoms. The highest BCUT2D eigenvalue weighted by Crippen LogP contribution is 2.46. The van der Waals surface area contributed by atoms with Gasteiger partial charge in [0.1, 0.15) is 11.6 Å². The minimum Gasteiger partial charge on any atom is -0.481 e. The number of carbonyl (C=O) groups is 1. The number of nitrogens with one attached hydrogen (secondary N) is 1. The standard InChI is InChI=1S/C12H14N4O2/c1-16(2)9-4-3-8-11(14-9)15-10(13-8)6-5-7(6)12(17)18/h3-4,6-7H,5H2,1-2H3,(H,17,18)(H,13,14,15). The molecule has 0 aliphatic heterocycles. The van der Waals surface area contributed by atoms with Crippen LogP contribution in [0.15, 0.2) is 12.1 Å². The molecule has 2 aromatic heterocycles. The van der Waals surface area contributed by atoms with Crippen molar-refractivity contribution in [1.82, 2.24) is 15.0 Å². The van der Waals surface area contributed by atoms with E-state index in [1.54, 1.807) is 0 Å². The van der Waals surface area contributed by atoms with Crippen molar-refractivity contribution in [2.45, 2.75) is 12.3 Å². The van der Waals surface area contributed by atoms with Gasteiger partial charge in [0.2, 0.25) is 0 Å². The molecule has 6 nitrogen and oxygen atoms in total. The molecule has 3 rings (SSSR count). The van der Waals surface area contributed by atoms with Crippen LogP contribution in [-0.4, -0.2) is 40.1 Å². The molecule has 1 aliphatic carbocycles. The Morgan fingerprint density at radius 3 is 2.83 bits per heavy atom. The second-order valence-electron chi connectivity index (χ2n) is 4.84. The molecule has 2 unspecified atom stereocenters. The van der Waals surface area contributed by atoms with Crippen LogP contribution in [0.5, 0.6) is 0 Å². The monoisotopic (exact) mass is 246 g/mol. The number of H-pyrrole nitrogens is 1. The molecule has 1 fully saturated rings. The quantitative estimate of drug-likeness (QED) is 0.850. The Labute approximate surface area is 104 Å². The Morgan fingerprint density at radius 2 is 2.22 bits per heavy atom. The molecule has 1 saturated carbocycles. The Kier molecular flexibility index (Phi) is 2.26. The Hall–Kier alpha value is -2.11. The van der Waals surface area contributed by atoms with Crippen LogP contribution in [0.25, 0.3) is 11.2 Å². The summed E-state index contributed by atoms with van der Waals surface area (Å²) in [5.41, 5.74) is 1.50. The topological polar surface area (TPSA) is 82.1 Å². The zero-order valence-electron chi connectivity index (χ0n) is 10.2. The van der Waals surface area contributed by atoms with Crippen molar-refractivity contribution in [3.05, 3.63) is 18.0 Å². The fourth-order valence-electron chi connectivity index (χ4n) is 2.10. The maximum Gasteiger partial charge on any atom is 0.307 e. The van der Waals surface area contributed by atoms with Crippen molar-refractivity contribution >= 4 is 23.0 Å². The van der Waals surface area contributed by atoms with Crippen LogP contribution < -0.4 is 4.90 Å². The number of hydrogen-bond acceptors (Lipinski definition) is 4. The molecule has 94 valence electrons. The van der Waals surface area contributed by atoms with E-state index < -0.39 is 5.97 Å². The predicted octanol–water partition coefficient (Wildman–Crippen LogP) is 1.21. The highest BCUT2D eigenvalue weighted by atomic mass is 16.4. The number of pyridine rings is 1. The van der Waals surface area contributed by atoms with E-state index >= 15 is 0 Å². The summed E-state index contributed by atoms with van der Waals surface area (Å²) in [6, 6.07) is 3.83. The molecule has 2 N–H and O–H groups in total. The molecular formula is C12H14N4O2. The molecule has 0 saturated heterocycles. The van der Waals surface area contributed by atoms with Crippen LogP contribution in [0.3, 0.4) is 0 Å². The number of carboxylic acids is 1. The van der Waals surface area contributed by atoms with Crippen LogP contribution >= 0.6 is 0 Å². The molecule has 2 atom stereocenters. The molecular weight excluding hydrogens is 232 g/mol. The molecule has 6 heteroatoms. The molecule has 2 heterocycles. The number of fused-ring (bicyclic) bond motifs is 1. The molecule has 0 bridgehead atoms. The van der Waals surface area contributed by atoms with Gasteiger partial charge in [0.05, 0.1) is 11.4 Å². The Morgan fingerprint density at radius 1 is 1.44 bits per heavy atom. The second-order valence-corrected chi connectivity index (χ2v) is 4.84. The lowest BCUT2D eigenvalue weighted by molar-refractivity contribution is -0.138. The predicted molar refractivity (Wildman–Crippen MR) is 66.7 cm³/mol. The maximum absolute atomic E-state index is 10.8. The van der Waals surface area contributed by atoms with Crippen LogP contribution in [-0.2, 0) is 4.79 Å². The second kappa shape index (κ2) is 3.69. The summed E-state index contributed by atoms with van der Waals surface area (Å²) in [5.74, 6) is 0.549. The van der Waals surface area contributed by atoms with Gasteiger partial charge in [0.25, 0.3) is 0 Å². The van der Waals surface area contributed by atoms with Crippen molar-refractivity contribution < 1.29 is 9.90 Å². The number of aliphatic carboxylic acids is 1. The highest BCUT2D eigenvalue weighted by Gasteiger charge is 2.46. The number of carboxylic acid groups (broad SMARTS) is 1. The summed E-state index contributed by atoms with van der Waals surface area (Å²) in [6.07, 6.45) is 0.662. The third kappa shape index (κ3) is 1.70. The number of rotatable bonds is 3. The summed E-state index contributed by atoms with van der Waals surface area (Å²) in [7, 11) is 3.84. The fourth-order valence-corrected chi connectivity index (χ4v) is 2.10. The lowest BCUT2D eigenvalue weighted by atomic mass is 10.3. The van der Waals surface area contributed by atoms with Gasteiger partial charge in [-0.15, -0.1) is 0 Å². The normalized spacial score (nSPS) is 22.1. The van der Waals surface area contributed by atoms with Gasteiger partial charge in [-0.2, -0.15) is 0 Å². The first-order valence-corrected chi connectivity index (χ1v) is 5.83. The number of aromatic nitrogens is 3. The molecule has 1 aliphatic rings. The summed E-state index contributed by atoms with van der Waals surface area (Å²) in [6.45, 7) is 0. The van der Waals surface area contributed by atoms with E-state index in [0.717, 1.165) is 17.2 Å². The van der Waals surface area contributed by atoms with Gasteiger partial charge in [0, 0.05) is 20.0 Å². The zero-order valence-corrected chi connectivity index (χ0v) is 10.2. The first kappa shape index (κ1) is 11.0. The largest absolute Gasteiger partial charge is 0.481 e.